The molecule has 2 aromatic rings. The maximum absolute atomic E-state index is 14.5. The Morgan fingerprint density at radius 1 is 1.14 bits per heavy atom. The smallest absolute Gasteiger partial charge is 0.327 e. The number of nitrogens with one attached hydrogen (secondary N) is 2. The van der Waals surface area contributed by atoms with Gasteiger partial charge in [-0.05, 0) is 117 Å². The molecule has 9 rings (SSSR count). The summed E-state index contributed by atoms with van der Waals surface area (Å²) in [5.41, 5.74) is 2.92. The number of carbonyl (C=O) groups is 2. The average Bonchev–Trinajstić information content (AvgIpc) is 3.19. The summed E-state index contributed by atoms with van der Waals surface area (Å²) in [4.78, 5) is 29.7. The summed E-state index contributed by atoms with van der Waals surface area (Å²) in [6.07, 6.45) is 12.1. The quantitative estimate of drug-likeness (QED) is 0.340. The van der Waals surface area contributed by atoms with Crippen molar-refractivity contribution in [1.82, 2.24) is 10.0 Å². The van der Waals surface area contributed by atoms with Crippen molar-refractivity contribution >= 4 is 39.1 Å². The van der Waals surface area contributed by atoms with Crippen LogP contribution in [0.4, 0.5) is 10.5 Å². The molecule has 12 heteroatoms. The van der Waals surface area contributed by atoms with E-state index in [-0.39, 0.29) is 34.3 Å². The third-order valence-electron chi connectivity index (χ3n) is 12.6. The van der Waals surface area contributed by atoms with Crippen LogP contribution in [0.3, 0.4) is 0 Å². The number of nitrogens with zero attached hydrogens (tertiary/aromatic N) is 2. The molecule has 2 heterocycles. The van der Waals surface area contributed by atoms with Gasteiger partial charge in [-0.2, -0.15) is 0 Å². The molecular formula is C39H49ClN4O6S. The minimum atomic E-state index is -3.49. The number of aryl methyl sites for hydroxylation is 1. The molecule has 2 aromatic carbocycles. The Morgan fingerprint density at radius 2 is 1.96 bits per heavy atom. The third kappa shape index (κ3) is 6.46. The molecule has 4 saturated carbocycles. The lowest BCUT2D eigenvalue weighted by atomic mass is 9.46. The molecule has 0 radical (unpaired) electrons. The minimum Gasteiger partial charge on any atom is -0.490 e. The van der Waals surface area contributed by atoms with E-state index >= 15 is 0 Å². The van der Waals surface area contributed by atoms with Gasteiger partial charge in [0.25, 0.3) is 5.91 Å². The van der Waals surface area contributed by atoms with Crippen LogP contribution in [-0.4, -0.2) is 73.1 Å². The number of methoxy groups -OCH3 is 2. The van der Waals surface area contributed by atoms with Gasteiger partial charge in [0, 0.05) is 43.3 Å². The van der Waals surface area contributed by atoms with Crippen LogP contribution in [0.1, 0.15) is 79.8 Å². The lowest BCUT2D eigenvalue weighted by Gasteiger charge is -2.69. The highest BCUT2D eigenvalue weighted by molar-refractivity contribution is 7.92. The number of benzene rings is 2. The van der Waals surface area contributed by atoms with Crippen molar-refractivity contribution in [3.8, 4) is 5.75 Å². The molecule has 3 amide bonds. The van der Waals surface area contributed by atoms with E-state index in [1.807, 2.05) is 25.1 Å². The number of hydrogen-bond donors (Lipinski definition) is 2. The standard InChI is InChI=1S/C39H49ClN4O6S/c1-25-6-4-8-33(48-2)30-12-9-28(30)18-44-23-37(15-5-7-26-16-29(40)11-13-31(26)37)24-50-34-14-10-27(17-32(34)44)35(45)42-51(47,19-25)43-36(46)41-38-20-39(21-38,22-38)49-3/h4,8,10-11,13-14,16-17,25,28,30,33H,5-7,9,12,15,18-24H2,1-3H3,(H2,41,42,43,45,46,47)/b8-4-/t25-,28-,30+,33-,37-,38?,39?,51?/m0/s1. The number of carbonyl (C=O) groups excluding carboxylic acids is 2. The Kier molecular flexibility index (Phi) is 8.96. The fourth-order valence-electron chi connectivity index (χ4n) is 9.82. The predicted molar refractivity (Wildman–Crippen MR) is 198 cm³/mol. The first-order valence-electron chi connectivity index (χ1n) is 18.4. The van der Waals surface area contributed by atoms with Gasteiger partial charge in [-0.25, -0.2) is 9.00 Å². The molecular weight excluding hydrogens is 688 g/mol. The summed E-state index contributed by atoms with van der Waals surface area (Å²) in [6, 6.07) is 11.1. The first-order valence-corrected chi connectivity index (χ1v) is 20.5. The fourth-order valence-corrected chi connectivity index (χ4v) is 11.8. The highest BCUT2D eigenvalue weighted by Gasteiger charge is 2.69. The monoisotopic (exact) mass is 736 g/mol. The zero-order valence-electron chi connectivity index (χ0n) is 29.8. The molecule has 2 N–H and O–H groups in total. The molecule has 51 heavy (non-hydrogen) atoms. The molecule has 5 aliphatic carbocycles. The normalized spacial score (nSPS) is 37.5. The number of hydrogen-bond acceptors (Lipinski definition) is 7. The van der Waals surface area contributed by atoms with Crippen LogP contribution in [0.2, 0.25) is 5.02 Å². The number of amides is 3. The molecule has 4 bridgehead atoms. The molecule has 1 unspecified atom stereocenters. The average molecular weight is 737 g/mol. The van der Waals surface area contributed by atoms with E-state index in [4.69, 9.17) is 25.8 Å². The molecule has 7 aliphatic rings. The van der Waals surface area contributed by atoms with E-state index in [1.165, 1.54) is 11.1 Å². The molecule has 0 saturated heterocycles. The highest BCUT2D eigenvalue weighted by Crippen LogP contribution is 2.62. The van der Waals surface area contributed by atoms with Crippen LogP contribution in [-0.2, 0) is 31.2 Å². The summed E-state index contributed by atoms with van der Waals surface area (Å²) in [5.74, 6) is 0.732. The molecule has 10 nitrogen and oxygen atoms in total. The molecule has 2 aliphatic heterocycles. The number of allylic oxidation sites excluding steroid dienone is 1. The molecule has 1 spiro atoms. The summed E-state index contributed by atoms with van der Waals surface area (Å²) >= 11 is 6.46. The van der Waals surface area contributed by atoms with Gasteiger partial charge in [-0.1, -0.05) is 36.7 Å². The molecule has 274 valence electrons. The van der Waals surface area contributed by atoms with Crippen LogP contribution in [0.25, 0.3) is 0 Å². The molecule has 4 fully saturated rings. The van der Waals surface area contributed by atoms with E-state index in [0.717, 1.165) is 75.2 Å². The van der Waals surface area contributed by atoms with Gasteiger partial charge in [0.2, 0.25) is 0 Å². The predicted octanol–water partition coefficient (Wildman–Crippen LogP) is 6.59. The van der Waals surface area contributed by atoms with Crippen molar-refractivity contribution in [3.05, 3.63) is 70.3 Å². The van der Waals surface area contributed by atoms with Gasteiger partial charge in [0.1, 0.15) is 15.7 Å². The van der Waals surface area contributed by atoms with Crippen molar-refractivity contribution in [3.63, 3.8) is 0 Å². The van der Waals surface area contributed by atoms with Crippen LogP contribution in [0, 0.1) is 17.8 Å². The largest absolute Gasteiger partial charge is 0.490 e. The number of fused-ring (bicyclic) bond motifs is 4. The lowest BCUT2D eigenvalue weighted by Crippen LogP contribution is -2.80. The van der Waals surface area contributed by atoms with E-state index in [0.29, 0.717) is 36.2 Å². The van der Waals surface area contributed by atoms with Crippen molar-refractivity contribution in [1.29, 1.82) is 0 Å². The van der Waals surface area contributed by atoms with E-state index in [2.05, 4.69) is 43.6 Å². The van der Waals surface area contributed by atoms with Gasteiger partial charge in [0.15, 0.2) is 0 Å². The van der Waals surface area contributed by atoms with E-state index < -0.39 is 21.9 Å². The van der Waals surface area contributed by atoms with Crippen molar-refractivity contribution in [2.75, 3.05) is 44.6 Å². The van der Waals surface area contributed by atoms with E-state index in [9.17, 15) is 13.8 Å². The highest BCUT2D eigenvalue weighted by atomic mass is 35.5. The second kappa shape index (κ2) is 13.1. The Balaban J connectivity index is 1.15. The molecule has 6 atom stereocenters. The van der Waals surface area contributed by atoms with Crippen LogP contribution < -0.4 is 19.7 Å². The topological polar surface area (TPSA) is 119 Å². The number of anilines is 1. The number of urea groups is 1. The second-order valence-electron chi connectivity index (χ2n) is 16.2. The van der Waals surface area contributed by atoms with Crippen LogP contribution in [0.5, 0.6) is 5.75 Å². The van der Waals surface area contributed by atoms with Crippen molar-refractivity contribution in [2.24, 2.45) is 22.1 Å². The maximum Gasteiger partial charge on any atom is 0.327 e. The van der Waals surface area contributed by atoms with Crippen molar-refractivity contribution < 1.29 is 28.0 Å². The summed E-state index contributed by atoms with van der Waals surface area (Å²) in [6.45, 7) is 3.99. The summed E-state index contributed by atoms with van der Waals surface area (Å²) in [5, 5.41) is 3.75. The summed E-state index contributed by atoms with van der Waals surface area (Å²) in [7, 11) is -0.0302. The third-order valence-corrected chi connectivity index (χ3v) is 14.8. The van der Waals surface area contributed by atoms with Gasteiger partial charge < -0.3 is 24.4 Å². The lowest BCUT2D eigenvalue weighted by molar-refractivity contribution is -0.233. The summed E-state index contributed by atoms with van der Waals surface area (Å²) < 4.78 is 39.8. The van der Waals surface area contributed by atoms with Gasteiger partial charge in [-0.3, -0.25) is 9.52 Å². The van der Waals surface area contributed by atoms with Gasteiger partial charge in [-0.15, -0.1) is 4.36 Å². The maximum atomic E-state index is 14.5. The van der Waals surface area contributed by atoms with E-state index in [1.54, 1.807) is 20.3 Å². The van der Waals surface area contributed by atoms with Gasteiger partial charge in [0.05, 0.1) is 35.3 Å². The van der Waals surface area contributed by atoms with Crippen molar-refractivity contribution in [2.45, 2.75) is 87.4 Å². The van der Waals surface area contributed by atoms with Gasteiger partial charge >= 0.3 is 6.03 Å². The number of halogens is 1. The fraction of sp³-hybridized carbons (Fsp3) is 0.590. The first-order chi connectivity index (χ1) is 24.4. The Bertz CT molecular complexity index is 1870. The van der Waals surface area contributed by atoms with Crippen LogP contribution >= 0.6 is 11.6 Å². The SMILES string of the molecule is CO[C@H]1/C=C\C[C@H](C)CS(=O)(NC(=O)NC23CC(OC)(C2)C3)=NC(=O)c2ccc3c(c2)N(C[C@@H]2CC[C@H]21)C[C@@]1(CCCc2cc(Cl)ccc21)CO3. The molecule has 0 aromatic heterocycles. The van der Waals surface area contributed by atoms with Crippen LogP contribution in [0.15, 0.2) is 52.9 Å². The number of ether oxygens (including phenoxy) is 3. The Hall–Kier alpha value is -3.12. The zero-order chi connectivity index (χ0) is 35.6. The first kappa shape index (κ1) is 34.9. The Morgan fingerprint density at radius 3 is 2.71 bits per heavy atom. The second-order valence-corrected chi connectivity index (χ2v) is 18.7. The zero-order valence-corrected chi connectivity index (χ0v) is 31.3. The minimum absolute atomic E-state index is 0.0291. The Labute approximate surface area is 306 Å². The number of rotatable bonds is 4.